The van der Waals surface area contributed by atoms with Crippen molar-refractivity contribution in [2.75, 3.05) is 13.1 Å². The zero-order valence-corrected chi connectivity index (χ0v) is 12.1. The van der Waals surface area contributed by atoms with E-state index in [2.05, 4.69) is 15.9 Å². The first-order valence-corrected chi connectivity index (χ1v) is 6.62. The Labute approximate surface area is 115 Å². The Balaban J connectivity index is 2.70. The van der Waals surface area contributed by atoms with Gasteiger partial charge < -0.3 is 5.11 Å². The van der Waals surface area contributed by atoms with Gasteiger partial charge in [-0.2, -0.15) is 0 Å². The smallest absolute Gasteiger partial charge is 0.307 e. The zero-order valence-electron chi connectivity index (χ0n) is 10.5. The third kappa shape index (κ3) is 4.38. The summed E-state index contributed by atoms with van der Waals surface area (Å²) >= 11 is 3.21. The van der Waals surface area contributed by atoms with Crippen molar-refractivity contribution < 1.29 is 14.3 Å². The Morgan fingerprint density at radius 3 is 2.72 bits per heavy atom. The largest absolute Gasteiger partial charge is 0.481 e. The molecule has 18 heavy (non-hydrogen) atoms. The van der Waals surface area contributed by atoms with Crippen LogP contribution in [-0.2, 0) is 11.3 Å². The van der Waals surface area contributed by atoms with E-state index in [-0.39, 0.29) is 5.82 Å². The van der Waals surface area contributed by atoms with Gasteiger partial charge in [0.2, 0.25) is 0 Å². The zero-order chi connectivity index (χ0) is 13.7. The molecule has 0 saturated heterocycles. The van der Waals surface area contributed by atoms with Crippen molar-refractivity contribution >= 4 is 21.9 Å². The third-order valence-electron chi connectivity index (χ3n) is 2.81. The number of nitrogens with zero attached hydrogens (tertiary/aromatic N) is 1. The van der Waals surface area contributed by atoms with E-state index in [0.717, 1.165) is 0 Å². The number of hydrogen-bond donors (Lipinski definition) is 1. The lowest BCUT2D eigenvalue weighted by atomic mass is 10.1. The normalized spacial score (nSPS) is 12.7. The van der Waals surface area contributed by atoms with Gasteiger partial charge in [0.15, 0.2) is 0 Å². The molecule has 1 unspecified atom stereocenters. The molecule has 0 aliphatic carbocycles. The number of benzene rings is 1. The van der Waals surface area contributed by atoms with Crippen LogP contribution in [0.1, 0.15) is 19.4 Å². The molecule has 0 aromatic heterocycles. The Bertz CT molecular complexity index is 425. The molecule has 0 radical (unpaired) electrons. The Kier molecular flexibility index (Phi) is 5.75. The summed E-state index contributed by atoms with van der Waals surface area (Å²) in [5.41, 5.74) is 0.581. The monoisotopic (exact) mass is 317 g/mol. The lowest BCUT2D eigenvalue weighted by Gasteiger charge is -2.22. The van der Waals surface area contributed by atoms with E-state index < -0.39 is 11.9 Å². The van der Waals surface area contributed by atoms with E-state index in [9.17, 15) is 9.18 Å². The number of halogens is 2. The molecule has 0 fully saturated rings. The SMILES string of the molecule is CCN(Cc1ccc(Br)cc1F)CC(C)C(=O)O. The summed E-state index contributed by atoms with van der Waals surface area (Å²) in [5.74, 6) is -1.56. The van der Waals surface area contributed by atoms with Crippen molar-refractivity contribution in [2.24, 2.45) is 5.92 Å². The van der Waals surface area contributed by atoms with Crippen LogP contribution in [0.5, 0.6) is 0 Å². The molecule has 1 rings (SSSR count). The minimum atomic E-state index is -0.829. The van der Waals surface area contributed by atoms with E-state index in [1.165, 1.54) is 6.07 Å². The number of aliphatic carboxylic acids is 1. The molecule has 100 valence electrons. The first-order valence-electron chi connectivity index (χ1n) is 5.83. The maximum Gasteiger partial charge on any atom is 0.307 e. The van der Waals surface area contributed by atoms with Crippen molar-refractivity contribution in [2.45, 2.75) is 20.4 Å². The maximum absolute atomic E-state index is 13.7. The van der Waals surface area contributed by atoms with E-state index in [0.29, 0.717) is 29.7 Å². The molecule has 0 amide bonds. The molecule has 1 aromatic rings. The Hall–Kier alpha value is -0.940. The molecule has 1 N–H and O–H groups in total. The number of hydrogen-bond acceptors (Lipinski definition) is 2. The van der Waals surface area contributed by atoms with Crippen LogP contribution in [0, 0.1) is 11.7 Å². The second-order valence-electron chi connectivity index (χ2n) is 4.30. The fourth-order valence-corrected chi connectivity index (χ4v) is 1.99. The second kappa shape index (κ2) is 6.85. The predicted octanol–water partition coefficient (Wildman–Crippen LogP) is 3.13. The number of rotatable bonds is 6. The van der Waals surface area contributed by atoms with Crippen molar-refractivity contribution in [1.82, 2.24) is 4.90 Å². The van der Waals surface area contributed by atoms with Gasteiger partial charge >= 0.3 is 5.97 Å². The molecular weight excluding hydrogens is 301 g/mol. The number of carbonyl (C=O) groups is 1. The topological polar surface area (TPSA) is 40.5 Å². The first-order chi connectivity index (χ1) is 8.43. The summed E-state index contributed by atoms with van der Waals surface area (Å²) in [5, 5.41) is 8.88. The highest BCUT2D eigenvalue weighted by Crippen LogP contribution is 2.17. The molecule has 0 aliphatic rings. The quantitative estimate of drug-likeness (QED) is 0.876. The van der Waals surface area contributed by atoms with Gasteiger partial charge in [0.1, 0.15) is 5.82 Å². The van der Waals surface area contributed by atoms with E-state index in [4.69, 9.17) is 5.11 Å². The molecule has 0 aliphatic heterocycles. The van der Waals surface area contributed by atoms with Crippen LogP contribution in [0.4, 0.5) is 4.39 Å². The molecular formula is C13H17BrFNO2. The molecule has 5 heteroatoms. The fraction of sp³-hybridized carbons (Fsp3) is 0.462. The fourth-order valence-electron chi connectivity index (χ4n) is 1.66. The van der Waals surface area contributed by atoms with Crippen LogP contribution in [0.3, 0.4) is 0 Å². The molecule has 0 spiro atoms. The summed E-state index contributed by atoms with van der Waals surface area (Å²) in [6.45, 7) is 5.12. The van der Waals surface area contributed by atoms with Crippen LogP contribution in [0.25, 0.3) is 0 Å². The average Bonchev–Trinajstić information content (AvgIpc) is 2.31. The number of carboxylic acids is 1. The van der Waals surface area contributed by atoms with Gasteiger partial charge in [0.05, 0.1) is 5.92 Å². The minimum Gasteiger partial charge on any atom is -0.481 e. The highest BCUT2D eigenvalue weighted by Gasteiger charge is 2.16. The predicted molar refractivity (Wildman–Crippen MR) is 71.9 cm³/mol. The molecule has 0 saturated carbocycles. The summed E-state index contributed by atoms with van der Waals surface area (Å²) in [7, 11) is 0. The highest BCUT2D eigenvalue weighted by atomic mass is 79.9. The molecule has 1 atom stereocenters. The van der Waals surface area contributed by atoms with Crippen molar-refractivity contribution in [1.29, 1.82) is 0 Å². The first kappa shape index (κ1) is 15.1. The Morgan fingerprint density at radius 2 is 2.22 bits per heavy atom. The maximum atomic E-state index is 13.7. The molecule has 0 heterocycles. The van der Waals surface area contributed by atoms with E-state index >= 15 is 0 Å². The van der Waals surface area contributed by atoms with Gasteiger partial charge in [-0.05, 0) is 18.7 Å². The lowest BCUT2D eigenvalue weighted by molar-refractivity contribution is -0.141. The second-order valence-corrected chi connectivity index (χ2v) is 5.22. The average molecular weight is 318 g/mol. The van der Waals surface area contributed by atoms with Gasteiger partial charge in [-0.25, -0.2) is 4.39 Å². The molecule has 0 bridgehead atoms. The lowest BCUT2D eigenvalue weighted by Crippen LogP contribution is -2.31. The third-order valence-corrected chi connectivity index (χ3v) is 3.30. The van der Waals surface area contributed by atoms with Crippen LogP contribution < -0.4 is 0 Å². The van der Waals surface area contributed by atoms with Crippen LogP contribution >= 0.6 is 15.9 Å². The van der Waals surface area contributed by atoms with Crippen LogP contribution in [-0.4, -0.2) is 29.1 Å². The van der Waals surface area contributed by atoms with Gasteiger partial charge in [-0.3, -0.25) is 9.69 Å². The van der Waals surface area contributed by atoms with Crippen molar-refractivity contribution in [3.63, 3.8) is 0 Å². The summed E-state index contributed by atoms with van der Waals surface area (Å²) < 4.78 is 14.4. The van der Waals surface area contributed by atoms with Crippen LogP contribution in [0.15, 0.2) is 22.7 Å². The van der Waals surface area contributed by atoms with Gasteiger partial charge in [0.25, 0.3) is 0 Å². The standard InChI is InChI=1S/C13H17BrFNO2/c1-3-16(7-9(2)13(17)18)8-10-4-5-11(14)6-12(10)15/h4-6,9H,3,7-8H2,1-2H3,(H,17,18). The van der Waals surface area contributed by atoms with Crippen LogP contribution in [0.2, 0.25) is 0 Å². The van der Waals surface area contributed by atoms with Crippen molar-refractivity contribution in [3.05, 3.63) is 34.1 Å². The summed E-state index contributed by atoms with van der Waals surface area (Å²) in [6.07, 6.45) is 0. The number of carboxylic acid groups (broad SMARTS) is 1. The molecule has 1 aromatic carbocycles. The van der Waals surface area contributed by atoms with Crippen molar-refractivity contribution in [3.8, 4) is 0 Å². The van der Waals surface area contributed by atoms with Gasteiger partial charge in [0, 0.05) is 23.1 Å². The molecule has 3 nitrogen and oxygen atoms in total. The summed E-state index contributed by atoms with van der Waals surface area (Å²) in [4.78, 5) is 12.7. The highest BCUT2D eigenvalue weighted by molar-refractivity contribution is 9.10. The van der Waals surface area contributed by atoms with Gasteiger partial charge in [-0.15, -0.1) is 0 Å². The van der Waals surface area contributed by atoms with E-state index in [1.807, 2.05) is 11.8 Å². The Morgan fingerprint density at radius 1 is 1.56 bits per heavy atom. The van der Waals surface area contributed by atoms with E-state index in [1.54, 1.807) is 19.1 Å². The summed E-state index contributed by atoms with van der Waals surface area (Å²) in [6, 6.07) is 4.92. The minimum absolute atomic E-state index is 0.272. The van der Waals surface area contributed by atoms with Gasteiger partial charge in [-0.1, -0.05) is 35.8 Å².